The fraction of sp³-hybridized carbons (Fsp3) is 0.500. The molecule has 4 rings (SSSR count). The summed E-state index contributed by atoms with van der Waals surface area (Å²) in [4.78, 5) is 20.5. The molecule has 0 bridgehead atoms. The largest absolute Gasteiger partial charge is 0.493 e. The summed E-state index contributed by atoms with van der Waals surface area (Å²) in [7, 11) is -3.70. The van der Waals surface area contributed by atoms with Gasteiger partial charge in [-0.2, -0.15) is 4.31 Å². The lowest BCUT2D eigenvalue weighted by molar-refractivity contribution is 0.341. The van der Waals surface area contributed by atoms with Crippen LogP contribution in [0.15, 0.2) is 27.9 Å². The van der Waals surface area contributed by atoms with Crippen molar-refractivity contribution in [1.82, 2.24) is 29.2 Å². The summed E-state index contributed by atoms with van der Waals surface area (Å²) in [5.74, 6) is 1.47. The van der Waals surface area contributed by atoms with Crippen LogP contribution in [0, 0.1) is 6.92 Å². The zero-order valence-electron chi connectivity index (χ0n) is 19.4. The molecule has 0 spiro atoms. The molecule has 33 heavy (non-hydrogen) atoms. The molecule has 1 unspecified atom stereocenters. The zero-order chi connectivity index (χ0) is 23.8. The van der Waals surface area contributed by atoms with Crippen molar-refractivity contribution in [3.05, 3.63) is 40.1 Å². The molecule has 0 saturated carbocycles. The van der Waals surface area contributed by atoms with Gasteiger partial charge in [0.15, 0.2) is 11.3 Å². The number of hydrogen-bond acceptors (Lipinski definition) is 7. The Kier molecular flexibility index (Phi) is 6.55. The molecule has 0 aliphatic carbocycles. The number of aryl methyl sites for hydroxylation is 1. The van der Waals surface area contributed by atoms with Crippen LogP contribution in [0.25, 0.3) is 16.9 Å². The molecule has 0 radical (unpaired) electrons. The summed E-state index contributed by atoms with van der Waals surface area (Å²) in [5, 5.41) is 7.84. The first kappa shape index (κ1) is 23.4. The van der Waals surface area contributed by atoms with Gasteiger partial charge in [0.25, 0.3) is 5.56 Å². The number of aromatic amines is 1. The van der Waals surface area contributed by atoms with Gasteiger partial charge in [-0.05, 0) is 38.5 Å². The molecular formula is C22H30N6O4S. The average Bonchev–Trinajstić information content (AvgIpc) is 3.16. The quantitative estimate of drug-likeness (QED) is 0.536. The van der Waals surface area contributed by atoms with Gasteiger partial charge in [-0.3, -0.25) is 4.79 Å². The SMILES string of the molecule is CCOc1ccc(S(=O)(=O)N2CCNCC2)cc1-c1nn2c(C(C)CC)nc(C)c2c(=O)[nH]1. The van der Waals surface area contributed by atoms with Crippen LogP contribution in [-0.4, -0.2) is 65.1 Å². The van der Waals surface area contributed by atoms with Crippen LogP contribution < -0.4 is 15.6 Å². The summed E-state index contributed by atoms with van der Waals surface area (Å²) in [6.45, 7) is 10.1. The van der Waals surface area contributed by atoms with E-state index in [1.54, 1.807) is 17.5 Å². The van der Waals surface area contributed by atoms with Crippen LogP contribution in [0.5, 0.6) is 5.75 Å². The third-order valence-electron chi connectivity index (χ3n) is 5.97. The van der Waals surface area contributed by atoms with Gasteiger partial charge in [-0.15, -0.1) is 5.10 Å². The van der Waals surface area contributed by atoms with Crippen LogP contribution in [0.1, 0.15) is 44.6 Å². The first-order chi connectivity index (χ1) is 15.8. The Labute approximate surface area is 193 Å². The Hall–Kier alpha value is -2.76. The van der Waals surface area contributed by atoms with E-state index in [0.717, 1.165) is 6.42 Å². The average molecular weight is 475 g/mol. The van der Waals surface area contributed by atoms with E-state index in [0.29, 0.717) is 61.1 Å². The minimum Gasteiger partial charge on any atom is -0.493 e. The number of hydrogen-bond donors (Lipinski definition) is 2. The molecule has 178 valence electrons. The number of aromatic nitrogens is 4. The van der Waals surface area contributed by atoms with Gasteiger partial charge in [0, 0.05) is 32.1 Å². The Morgan fingerprint density at radius 1 is 1.21 bits per heavy atom. The number of H-pyrrole nitrogens is 1. The van der Waals surface area contributed by atoms with E-state index in [4.69, 9.17) is 4.74 Å². The van der Waals surface area contributed by atoms with Crippen molar-refractivity contribution >= 4 is 15.5 Å². The van der Waals surface area contributed by atoms with Gasteiger partial charge in [-0.1, -0.05) is 13.8 Å². The van der Waals surface area contributed by atoms with Gasteiger partial charge < -0.3 is 15.0 Å². The zero-order valence-corrected chi connectivity index (χ0v) is 20.2. The number of imidazole rings is 1. The highest BCUT2D eigenvalue weighted by Gasteiger charge is 2.28. The van der Waals surface area contributed by atoms with Crippen LogP contribution in [0.3, 0.4) is 0 Å². The molecule has 2 aromatic heterocycles. The van der Waals surface area contributed by atoms with E-state index in [1.165, 1.54) is 16.4 Å². The van der Waals surface area contributed by atoms with E-state index < -0.39 is 10.0 Å². The van der Waals surface area contributed by atoms with Gasteiger partial charge in [-0.25, -0.2) is 17.9 Å². The van der Waals surface area contributed by atoms with Gasteiger partial charge in [0.2, 0.25) is 10.0 Å². The minimum atomic E-state index is -3.70. The van der Waals surface area contributed by atoms with Crippen molar-refractivity contribution in [3.8, 4) is 17.1 Å². The summed E-state index contributed by atoms with van der Waals surface area (Å²) in [6.07, 6.45) is 0.838. The van der Waals surface area contributed by atoms with Crippen LogP contribution >= 0.6 is 0 Å². The Morgan fingerprint density at radius 3 is 2.61 bits per heavy atom. The molecule has 1 saturated heterocycles. The maximum Gasteiger partial charge on any atom is 0.277 e. The Bertz CT molecular complexity index is 1320. The Morgan fingerprint density at radius 2 is 1.94 bits per heavy atom. The number of nitrogens with zero attached hydrogens (tertiary/aromatic N) is 4. The lowest BCUT2D eigenvalue weighted by Crippen LogP contribution is -2.46. The number of sulfonamides is 1. The van der Waals surface area contributed by atoms with Gasteiger partial charge >= 0.3 is 0 Å². The third kappa shape index (κ3) is 4.28. The maximum atomic E-state index is 13.3. The molecule has 11 heteroatoms. The van der Waals surface area contributed by atoms with Crippen LogP contribution in [-0.2, 0) is 10.0 Å². The van der Waals surface area contributed by atoms with E-state index >= 15 is 0 Å². The summed E-state index contributed by atoms with van der Waals surface area (Å²) >= 11 is 0. The summed E-state index contributed by atoms with van der Waals surface area (Å²) < 4.78 is 35.3. The molecule has 1 fully saturated rings. The predicted octanol–water partition coefficient (Wildman–Crippen LogP) is 1.90. The number of benzene rings is 1. The van der Waals surface area contributed by atoms with Gasteiger partial charge in [0.05, 0.1) is 22.8 Å². The van der Waals surface area contributed by atoms with Crippen molar-refractivity contribution in [2.45, 2.75) is 44.9 Å². The van der Waals surface area contributed by atoms with Crippen molar-refractivity contribution < 1.29 is 13.2 Å². The smallest absolute Gasteiger partial charge is 0.277 e. The van der Waals surface area contributed by atoms with Gasteiger partial charge in [0.1, 0.15) is 11.6 Å². The first-order valence-electron chi connectivity index (χ1n) is 11.3. The maximum absolute atomic E-state index is 13.3. The molecule has 3 heterocycles. The van der Waals surface area contributed by atoms with Crippen molar-refractivity contribution in [2.75, 3.05) is 32.8 Å². The van der Waals surface area contributed by atoms with E-state index in [9.17, 15) is 13.2 Å². The van der Waals surface area contributed by atoms with E-state index in [1.807, 2.05) is 20.8 Å². The fourth-order valence-electron chi connectivity index (χ4n) is 3.99. The normalized spacial score (nSPS) is 16.2. The van der Waals surface area contributed by atoms with Crippen LogP contribution in [0.2, 0.25) is 0 Å². The second-order valence-electron chi connectivity index (χ2n) is 8.17. The molecule has 1 atom stereocenters. The van der Waals surface area contributed by atoms with E-state index in [-0.39, 0.29) is 22.2 Å². The molecule has 1 aromatic carbocycles. The molecular weight excluding hydrogens is 444 g/mol. The summed E-state index contributed by atoms with van der Waals surface area (Å²) in [5.41, 5.74) is 1.06. The third-order valence-corrected chi connectivity index (χ3v) is 7.87. The number of piperazine rings is 1. The number of ether oxygens (including phenoxy) is 1. The molecule has 1 aliphatic rings. The number of fused-ring (bicyclic) bond motifs is 1. The monoisotopic (exact) mass is 474 g/mol. The minimum absolute atomic E-state index is 0.0964. The number of rotatable bonds is 7. The number of nitrogens with one attached hydrogen (secondary N) is 2. The molecule has 1 aliphatic heterocycles. The standard InChI is InChI=1S/C22H30N6O4S/c1-5-14(3)21-24-15(4)19-22(29)25-20(26-28(19)21)17-13-16(7-8-18(17)32-6-2)33(30,31)27-11-9-23-10-12-27/h7-8,13-14,23H,5-6,9-12H2,1-4H3,(H,25,26,29). The highest BCUT2D eigenvalue weighted by molar-refractivity contribution is 7.89. The lowest BCUT2D eigenvalue weighted by Gasteiger charge is -2.26. The van der Waals surface area contributed by atoms with Crippen LogP contribution in [0.4, 0.5) is 0 Å². The van der Waals surface area contributed by atoms with Crippen molar-refractivity contribution in [3.63, 3.8) is 0 Å². The Balaban J connectivity index is 1.90. The molecule has 3 aromatic rings. The highest BCUT2D eigenvalue weighted by atomic mass is 32.2. The fourth-order valence-corrected chi connectivity index (χ4v) is 5.45. The topological polar surface area (TPSA) is 122 Å². The lowest BCUT2D eigenvalue weighted by atomic mass is 10.1. The second-order valence-corrected chi connectivity index (χ2v) is 10.1. The molecule has 10 nitrogen and oxygen atoms in total. The predicted molar refractivity (Wildman–Crippen MR) is 125 cm³/mol. The van der Waals surface area contributed by atoms with Crippen molar-refractivity contribution in [1.29, 1.82) is 0 Å². The first-order valence-corrected chi connectivity index (χ1v) is 12.7. The van der Waals surface area contributed by atoms with E-state index in [2.05, 4.69) is 20.4 Å². The highest BCUT2D eigenvalue weighted by Crippen LogP contribution is 2.32. The van der Waals surface area contributed by atoms with Crippen molar-refractivity contribution in [2.24, 2.45) is 0 Å². The molecule has 0 amide bonds. The summed E-state index contributed by atoms with van der Waals surface area (Å²) in [6, 6.07) is 4.68. The molecule has 2 N–H and O–H groups in total. The second kappa shape index (κ2) is 9.24.